The van der Waals surface area contributed by atoms with Crippen LogP contribution in [0.5, 0.6) is 5.75 Å². The molecule has 3 aromatic rings. The Morgan fingerprint density at radius 2 is 1.73 bits per heavy atom. The van der Waals surface area contributed by atoms with Gasteiger partial charge >= 0.3 is 6.09 Å². The first-order chi connectivity index (χ1) is 20.8. The Bertz CT molecular complexity index is 1680. The first kappa shape index (κ1) is 30.7. The fraction of sp³-hybridized carbons (Fsp3) is 0.364. The number of aromatic nitrogens is 1. The number of phenolic OH excluding ortho intramolecular Hbond substituents is 1. The van der Waals surface area contributed by atoms with E-state index < -0.39 is 40.3 Å². The van der Waals surface area contributed by atoms with Gasteiger partial charge in [-0.25, -0.2) is 28.3 Å². The van der Waals surface area contributed by atoms with Crippen molar-refractivity contribution in [1.82, 2.24) is 14.8 Å². The lowest BCUT2D eigenvalue weighted by Crippen LogP contribution is -2.52. The summed E-state index contributed by atoms with van der Waals surface area (Å²) >= 11 is 0. The summed E-state index contributed by atoms with van der Waals surface area (Å²) < 4.78 is 36.4. The van der Waals surface area contributed by atoms with Crippen LogP contribution in [-0.4, -0.2) is 69.5 Å². The molecule has 230 valence electrons. The molecule has 3 heterocycles. The Kier molecular flexibility index (Phi) is 8.18. The van der Waals surface area contributed by atoms with Crippen LogP contribution in [0.25, 0.3) is 11.3 Å². The number of fused-ring (bicyclic) bond motifs is 1. The van der Waals surface area contributed by atoms with Gasteiger partial charge in [-0.2, -0.15) is 0 Å². The van der Waals surface area contributed by atoms with Crippen molar-refractivity contribution < 1.29 is 28.2 Å². The molecule has 0 spiro atoms. The average molecular weight is 604 g/mol. The van der Waals surface area contributed by atoms with Gasteiger partial charge in [0, 0.05) is 26.2 Å². The molecule has 5 rings (SSSR count). The number of hydrogen-bond acceptors (Lipinski definition) is 8. The van der Waals surface area contributed by atoms with Gasteiger partial charge in [0.1, 0.15) is 28.7 Å². The van der Waals surface area contributed by atoms with E-state index >= 15 is 4.39 Å². The molecule has 1 saturated heterocycles. The second kappa shape index (κ2) is 11.7. The third-order valence-electron chi connectivity index (χ3n) is 7.50. The zero-order chi connectivity index (χ0) is 31.9. The van der Waals surface area contributed by atoms with Crippen molar-refractivity contribution in [2.75, 3.05) is 31.1 Å². The van der Waals surface area contributed by atoms with E-state index in [4.69, 9.17) is 4.74 Å². The minimum absolute atomic E-state index is 0.0306. The summed E-state index contributed by atoms with van der Waals surface area (Å²) in [5, 5.41) is 10.5. The molecule has 1 aromatic heterocycles. The van der Waals surface area contributed by atoms with Gasteiger partial charge in [0.05, 0.1) is 16.8 Å². The smallest absolute Gasteiger partial charge is 0.410 e. The van der Waals surface area contributed by atoms with Crippen molar-refractivity contribution in [2.24, 2.45) is 4.99 Å². The molecule has 2 aliphatic heterocycles. The SMILES string of the molecule is Cc1cccc(C(C)C)c1N1C(=C=O)N=C(N2CCN(C(=O)OC(C)(C)C)CC2)c2cc(F)c(-c3c(O)cccc3F)nc21. The largest absolute Gasteiger partial charge is 0.507 e. The number of carbonyl (C=O) groups is 1. The van der Waals surface area contributed by atoms with Crippen LogP contribution >= 0.6 is 0 Å². The maximum atomic E-state index is 15.9. The minimum Gasteiger partial charge on any atom is -0.507 e. The number of hydrogen-bond donors (Lipinski definition) is 1. The number of aryl methyl sites for hydroxylation is 1. The van der Waals surface area contributed by atoms with Crippen LogP contribution in [0.1, 0.15) is 57.2 Å². The van der Waals surface area contributed by atoms with Crippen molar-refractivity contribution >= 4 is 29.4 Å². The van der Waals surface area contributed by atoms with Crippen LogP contribution in [0.2, 0.25) is 0 Å². The number of amidine groups is 1. The summed E-state index contributed by atoms with van der Waals surface area (Å²) in [5.74, 6) is 0.0663. The zero-order valence-electron chi connectivity index (χ0n) is 25.6. The van der Waals surface area contributed by atoms with Crippen LogP contribution in [0.4, 0.5) is 25.1 Å². The van der Waals surface area contributed by atoms with Gasteiger partial charge in [-0.05, 0) is 62.9 Å². The number of pyridine rings is 1. The van der Waals surface area contributed by atoms with Gasteiger partial charge in [0.2, 0.25) is 5.82 Å². The maximum absolute atomic E-state index is 15.9. The second-order valence-corrected chi connectivity index (χ2v) is 12.1. The number of para-hydroxylation sites is 1. The van der Waals surface area contributed by atoms with Gasteiger partial charge in [-0.1, -0.05) is 38.1 Å². The Balaban J connectivity index is 1.66. The lowest BCUT2D eigenvalue weighted by molar-refractivity contribution is 0.0187. The Labute approximate surface area is 255 Å². The molecule has 1 amide bonds. The first-order valence-corrected chi connectivity index (χ1v) is 14.5. The number of phenols is 1. The van der Waals surface area contributed by atoms with E-state index in [2.05, 4.69) is 9.98 Å². The highest BCUT2D eigenvalue weighted by Gasteiger charge is 2.36. The number of aromatic hydroxyl groups is 1. The summed E-state index contributed by atoms with van der Waals surface area (Å²) in [7, 11) is 0. The number of halogens is 2. The lowest BCUT2D eigenvalue weighted by atomic mass is 9.96. The van der Waals surface area contributed by atoms with Crippen LogP contribution in [0.3, 0.4) is 0 Å². The summed E-state index contributed by atoms with van der Waals surface area (Å²) in [5.41, 5.74) is 1.13. The number of benzene rings is 2. The third-order valence-corrected chi connectivity index (χ3v) is 7.50. The van der Waals surface area contributed by atoms with Crippen LogP contribution in [0, 0.1) is 18.6 Å². The molecule has 0 unspecified atom stereocenters. The van der Waals surface area contributed by atoms with Crippen molar-refractivity contribution in [3.63, 3.8) is 0 Å². The van der Waals surface area contributed by atoms with Crippen molar-refractivity contribution in [3.05, 3.63) is 76.6 Å². The number of aliphatic imine (C=N–C) groups is 1. The molecular formula is C33H35F2N5O4. The van der Waals surface area contributed by atoms with Crippen LogP contribution in [-0.2, 0) is 9.53 Å². The van der Waals surface area contributed by atoms with E-state index in [-0.39, 0.29) is 29.0 Å². The summed E-state index contributed by atoms with van der Waals surface area (Å²) in [4.78, 5) is 39.5. The van der Waals surface area contributed by atoms with E-state index in [0.29, 0.717) is 31.9 Å². The number of nitrogens with zero attached hydrogens (tertiary/aromatic N) is 5. The molecule has 0 radical (unpaired) electrons. The van der Waals surface area contributed by atoms with E-state index in [1.54, 1.807) is 25.7 Å². The topological polar surface area (TPSA) is 98.6 Å². The quantitative estimate of drug-likeness (QED) is 0.352. The minimum atomic E-state index is -0.878. The fourth-order valence-corrected chi connectivity index (χ4v) is 5.45. The molecule has 0 saturated carbocycles. The van der Waals surface area contributed by atoms with E-state index in [9.17, 15) is 19.1 Å². The van der Waals surface area contributed by atoms with Crippen molar-refractivity contribution in [2.45, 2.75) is 53.1 Å². The zero-order valence-corrected chi connectivity index (χ0v) is 25.6. The summed E-state index contributed by atoms with van der Waals surface area (Å²) in [6, 6.07) is 10.6. The number of carbonyl (C=O) groups excluding carboxylic acids is 2. The molecular weight excluding hydrogens is 568 g/mol. The van der Waals surface area contributed by atoms with E-state index in [0.717, 1.165) is 17.2 Å². The molecule has 44 heavy (non-hydrogen) atoms. The van der Waals surface area contributed by atoms with Crippen molar-refractivity contribution in [1.29, 1.82) is 0 Å². The lowest BCUT2D eigenvalue weighted by Gasteiger charge is -2.40. The monoisotopic (exact) mass is 603 g/mol. The number of anilines is 2. The maximum Gasteiger partial charge on any atom is 0.410 e. The fourth-order valence-electron chi connectivity index (χ4n) is 5.45. The highest BCUT2D eigenvalue weighted by Crippen LogP contribution is 2.44. The average Bonchev–Trinajstić information content (AvgIpc) is 2.96. The Morgan fingerprint density at radius 3 is 2.34 bits per heavy atom. The molecule has 0 atom stereocenters. The first-order valence-electron chi connectivity index (χ1n) is 14.5. The van der Waals surface area contributed by atoms with Crippen LogP contribution < -0.4 is 4.90 Å². The Morgan fingerprint density at radius 1 is 1.05 bits per heavy atom. The van der Waals surface area contributed by atoms with Gasteiger partial charge in [0.25, 0.3) is 0 Å². The van der Waals surface area contributed by atoms with E-state index in [1.807, 2.05) is 49.8 Å². The standard InChI is InChI=1S/C33H35F2N5O4/c1-19(2)21-10-7-9-20(3)29(21)40-26(18-41)36-30(38-13-15-39(16-14-38)32(43)44-33(4,5)6)22-17-24(35)28(37-31(22)40)27-23(34)11-8-12-25(27)42/h7-12,17,19,42H,13-16H2,1-6H3. The molecule has 0 bridgehead atoms. The van der Waals surface area contributed by atoms with E-state index in [1.165, 1.54) is 23.1 Å². The third kappa shape index (κ3) is 5.75. The highest BCUT2D eigenvalue weighted by molar-refractivity contribution is 6.08. The van der Waals surface area contributed by atoms with Crippen molar-refractivity contribution in [3.8, 4) is 17.0 Å². The molecule has 9 nitrogen and oxygen atoms in total. The summed E-state index contributed by atoms with van der Waals surface area (Å²) in [6.45, 7) is 12.5. The number of piperazine rings is 1. The van der Waals surface area contributed by atoms with Gasteiger partial charge in [0.15, 0.2) is 17.6 Å². The highest BCUT2D eigenvalue weighted by atomic mass is 19.1. The summed E-state index contributed by atoms with van der Waals surface area (Å²) in [6.07, 6.45) is -0.439. The molecule has 2 aliphatic rings. The molecule has 1 fully saturated rings. The predicted molar refractivity (Wildman–Crippen MR) is 164 cm³/mol. The second-order valence-electron chi connectivity index (χ2n) is 12.1. The number of rotatable bonds is 3. The number of amides is 1. The number of ether oxygens (including phenoxy) is 1. The van der Waals surface area contributed by atoms with Gasteiger partial charge < -0.3 is 19.6 Å². The molecule has 2 aromatic carbocycles. The van der Waals surface area contributed by atoms with Crippen LogP contribution in [0.15, 0.2) is 53.3 Å². The molecule has 0 aliphatic carbocycles. The Hall–Kier alpha value is -4.76. The molecule has 1 N–H and O–H groups in total. The van der Waals surface area contributed by atoms with Gasteiger partial charge in [-0.15, -0.1) is 0 Å². The van der Waals surface area contributed by atoms with Gasteiger partial charge in [-0.3, -0.25) is 4.90 Å². The predicted octanol–water partition coefficient (Wildman–Crippen LogP) is 6.29. The normalized spacial score (nSPS) is 15.2. The molecule has 11 heteroatoms.